The van der Waals surface area contributed by atoms with Crippen LogP contribution in [0.3, 0.4) is 0 Å². The number of oxazole rings is 1. The Kier molecular flexibility index (Phi) is 2.87. The van der Waals surface area contributed by atoms with Gasteiger partial charge in [0.2, 0.25) is 0 Å². The number of aryl methyl sites for hydroxylation is 2. The first kappa shape index (κ1) is 9.71. The Hall–Kier alpha value is -0.830. The molecule has 78 valence electrons. The van der Waals surface area contributed by atoms with Crippen LogP contribution >= 0.6 is 0 Å². The summed E-state index contributed by atoms with van der Waals surface area (Å²) in [5, 5.41) is 3.52. The summed E-state index contributed by atoms with van der Waals surface area (Å²) in [7, 11) is 0. The molecule has 1 saturated heterocycles. The van der Waals surface area contributed by atoms with Gasteiger partial charge in [-0.1, -0.05) is 6.42 Å². The van der Waals surface area contributed by atoms with Crippen LogP contribution in [0, 0.1) is 13.8 Å². The van der Waals surface area contributed by atoms with Gasteiger partial charge in [0.05, 0.1) is 5.69 Å². The number of nitrogens with one attached hydrogen (secondary N) is 1. The van der Waals surface area contributed by atoms with Crippen LogP contribution in [0.2, 0.25) is 0 Å². The van der Waals surface area contributed by atoms with Crippen molar-refractivity contribution in [3.8, 4) is 0 Å². The zero-order chi connectivity index (χ0) is 9.97. The van der Waals surface area contributed by atoms with Crippen molar-refractivity contribution in [1.29, 1.82) is 0 Å². The van der Waals surface area contributed by atoms with Crippen molar-refractivity contribution >= 4 is 0 Å². The fraction of sp³-hybridized carbons (Fsp3) is 0.727. The monoisotopic (exact) mass is 194 g/mol. The Morgan fingerprint density at radius 1 is 1.43 bits per heavy atom. The maximum absolute atomic E-state index is 5.42. The van der Waals surface area contributed by atoms with Crippen molar-refractivity contribution in [2.24, 2.45) is 0 Å². The molecule has 3 heteroatoms. The van der Waals surface area contributed by atoms with E-state index in [4.69, 9.17) is 4.42 Å². The van der Waals surface area contributed by atoms with E-state index in [0.29, 0.717) is 6.04 Å². The maximum atomic E-state index is 5.42. The van der Waals surface area contributed by atoms with E-state index >= 15 is 0 Å². The number of piperidine rings is 1. The third-order valence-electron chi connectivity index (χ3n) is 2.85. The molecule has 1 aromatic rings. The van der Waals surface area contributed by atoms with Gasteiger partial charge < -0.3 is 9.73 Å². The minimum absolute atomic E-state index is 0.604. The number of aromatic nitrogens is 1. The van der Waals surface area contributed by atoms with Gasteiger partial charge in [-0.15, -0.1) is 0 Å². The molecule has 1 aliphatic rings. The molecule has 0 aromatic carbocycles. The lowest BCUT2D eigenvalue weighted by molar-refractivity contribution is 0.395. The van der Waals surface area contributed by atoms with Gasteiger partial charge in [-0.3, -0.25) is 0 Å². The molecular weight excluding hydrogens is 176 g/mol. The van der Waals surface area contributed by atoms with Gasteiger partial charge in [0.1, 0.15) is 5.76 Å². The highest BCUT2D eigenvalue weighted by Crippen LogP contribution is 2.15. The average molecular weight is 194 g/mol. The number of hydrogen-bond donors (Lipinski definition) is 1. The molecular formula is C11H18N2O. The van der Waals surface area contributed by atoms with Crippen molar-refractivity contribution in [3.05, 3.63) is 17.3 Å². The molecule has 14 heavy (non-hydrogen) atoms. The van der Waals surface area contributed by atoms with Gasteiger partial charge in [0.25, 0.3) is 0 Å². The standard InChI is InChI=1S/C11H18N2O/c1-8-11(13-9(2)14-8)7-10-5-3-4-6-12-10/h10,12H,3-7H2,1-2H3. The van der Waals surface area contributed by atoms with Crippen molar-refractivity contribution in [2.75, 3.05) is 6.54 Å². The highest BCUT2D eigenvalue weighted by Gasteiger charge is 2.16. The molecule has 0 radical (unpaired) electrons. The molecule has 0 aliphatic carbocycles. The van der Waals surface area contributed by atoms with Crippen LogP contribution in [0.4, 0.5) is 0 Å². The Labute approximate surface area is 84.9 Å². The molecule has 1 aliphatic heterocycles. The highest BCUT2D eigenvalue weighted by atomic mass is 16.4. The quantitative estimate of drug-likeness (QED) is 0.782. The van der Waals surface area contributed by atoms with Gasteiger partial charge in [0.15, 0.2) is 5.89 Å². The maximum Gasteiger partial charge on any atom is 0.191 e. The first-order chi connectivity index (χ1) is 6.75. The van der Waals surface area contributed by atoms with Gasteiger partial charge in [-0.05, 0) is 26.3 Å². The van der Waals surface area contributed by atoms with E-state index in [1.165, 1.54) is 19.3 Å². The average Bonchev–Trinajstić information content (AvgIpc) is 2.47. The summed E-state index contributed by atoms with van der Waals surface area (Å²) in [6.07, 6.45) is 4.94. The van der Waals surface area contributed by atoms with Crippen LogP contribution in [-0.2, 0) is 6.42 Å². The van der Waals surface area contributed by atoms with Crippen LogP contribution < -0.4 is 5.32 Å². The van der Waals surface area contributed by atoms with Crippen LogP contribution in [-0.4, -0.2) is 17.6 Å². The van der Waals surface area contributed by atoms with Gasteiger partial charge >= 0.3 is 0 Å². The first-order valence-corrected chi connectivity index (χ1v) is 5.42. The number of rotatable bonds is 2. The molecule has 2 heterocycles. The summed E-state index contributed by atoms with van der Waals surface area (Å²) in [6, 6.07) is 0.604. The lowest BCUT2D eigenvalue weighted by atomic mass is 10.0. The Morgan fingerprint density at radius 3 is 2.86 bits per heavy atom. The summed E-state index contributed by atoms with van der Waals surface area (Å²) >= 11 is 0. The first-order valence-electron chi connectivity index (χ1n) is 5.42. The molecule has 1 N–H and O–H groups in total. The lowest BCUT2D eigenvalue weighted by Gasteiger charge is -2.22. The van der Waals surface area contributed by atoms with E-state index in [1.54, 1.807) is 0 Å². The minimum Gasteiger partial charge on any atom is -0.446 e. The molecule has 0 spiro atoms. The van der Waals surface area contributed by atoms with Gasteiger partial charge in [-0.2, -0.15) is 0 Å². The second-order valence-electron chi connectivity index (χ2n) is 4.09. The van der Waals surface area contributed by atoms with Gasteiger partial charge in [0, 0.05) is 19.4 Å². The second kappa shape index (κ2) is 4.13. The molecule has 1 unspecified atom stereocenters. The predicted octanol–water partition coefficient (Wildman–Crippen LogP) is 1.98. The van der Waals surface area contributed by atoms with E-state index in [9.17, 15) is 0 Å². The van der Waals surface area contributed by atoms with Crippen LogP contribution in [0.1, 0.15) is 36.6 Å². The van der Waals surface area contributed by atoms with Crippen LogP contribution in [0.25, 0.3) is 0 Å². The molecule has 1 atom stereocenters. The second-order valence-corrected chi connectivity index (χ2v) is 4.09. The highest BCUT2D eigenvalue weighted by molar-refractivity contribution is 5.09. The van der Waals surface area contributed by atoms with E-state index in [2.05, 4.69) is 10.3 Å². The van der Waals surface area contributed by atoms with E-state index in [-0.39, 0.29) is 0 Å². The zero-order valence-corrected chi connectivity index (χ0v) is 8.97. The minimum atomic E-state index is 0.604. The molecule has 0 bridgehead atoms. The molecule has 0 saturated carbocycles. The zero-order valence-electron chi connectivity index (χ0n) is 8.97. The molecule has 3 nitrogen and oxygen atoms in total. The topological polar surface area (TPSA) is 38.1 Å². The lowest BCUT2D eigenvalue weighted by Crippen LogP contribution is -2.35. The van der Waals surface area contributed by atoms with E-state index < -0.39 is 0 Å². The Bertz CT molecular complexity index is 300. The van der Waals surface area contributed by atoms with Crippen LogP contribution in [0.15, 0.2) is 4.42 Å². The third kappa shape index (κ3) is 2.15. The van der Waals surface area contributed by atoms with Crippen molar-refractivity contribution in [2.45, 2.75) is 45.6 Å². The summed E-state index contributed by atoms with van der Waals surface area (Å²) in [5.41, 5.74) is 1.13. The van der Waals surface area contributed by atoms with E-state index in [0.717, 1.165) is 30.3 Å². The van der Waals surface area contributed by atoms with Crippen molar-refractivity contribution < 1.29 is 4.42 Å². The normalized spacial score (nSPS) is 22.6. The number of nitrogens with zero attached hydrogens (tertiary/aromatic N) is 1. The van der Waals surface area contributed by atoms with Crippen molar-refractivity contribution in [1.82, 2.24) is 10.3 Å². The fourth-order valence-electron chi connectivity index (χ4n) is 2.09. The summed E-state index contributed by atoms with van der Waals surface area (Å²) < 4.78 is 5.42. The molecule has 1 aromatic heterocycles. The number of hydrogen-bond acceptors (Lipinski definition) is 3. The third-order valence-corrected chi connectivity index (χ3v) is 2.85. The Balaban J connectivity index is 1.98. The Morgan fingerprint density at radius 2 is 2.29 bits per heavy atom. The largest absolute Gasteiger partial charge is 0.446 e. The summed E-state index contributed by atoms with van der Waals surface area (Å²) in [5.74, 6) is 1.77. The molecule has 2 rings (SSSR count). The van der Waals surface area contributed by atoms with E-state index in [1.807, 2.05) is 13.8 Å². The smallest absolute Gasteiger partial charge is 0.191 e. The molecule has 1 fully saturated rings. The fourth-order valence-corrected chi connectivity index (χ4v) is 2.09. The summed E-state index contributed by atoms with van der Waals surface area (Å²) in [4.78, 5) is 4.40. The summed E-state index contributed by atoms with van der Waals surface area (Å²) in [6.45, 7) is 5.06. The molecule has 0 amide bonds. The predicted molar refractivity (Wildman–Crippen MR) is 55.3 cm³/mol. The van der Waals surface area contributed by atoms with Crippen molar-refractivity contribution in [3.63, 3.8) is 0 Å². The van der Waals surface area contributed by atoms with Crippen LogP contribution in [0.5, 0.6) is 0 Å². The van der Waals surface area contributed by atoms with Gasteiger partial charge in [-0.25, -0.2) is 4.98 Å². The SMILES string of the molecule is Cc1nc(CC2CCCCN2)c(C)o1.